The molecule has 0 aliphatic rings. The molecular weight excluding hydrogens is 236 g/mol. The zero-order chi connectivity index (χ0) is 14.3. The van der Waals surface area contributed by atoms with Crippen molar-refractivity contribution in [3.8, 4) is 0 Å². The van der Waals surface area contributed by atoms with E-state index in [1.165, 1.54) is 4.90 Å². The second-order valence-electron chi connectivity index (χ2n) is 5.18. The van der Waals surface area contributed by atoms with E-state index in [0.717, 1.165) is 6.42 Å². The van der Waals surface area contributed by atoms with E-state index < -0.39 is 17.5 Å². The molecule has 1 atom stereocenters. The van der Waals surface area contributed by atoms with Crippen LogP contribution in [0.15, 0.2) is 0 Å². The van der Waals surface area contributed by atoms with Crippen molar-refractivity contribution >= 4 is 12.0 Å². The van der Waals surface area contributed by atoms with Crippen LogP contribution in [-0.2, 0) is 4.79 Å². The van der Waals surface area contributed by atoms with Crippen LogP contribution in [0.2, 0.25) is 0 Å². The van der Waals surface area contributed by atoms with E-state index >= 15 is 0 Å². The van der Waals surface area contributed by atoms with Crippen LogP contribution in [0, 0.1) is 5.92 Å². The topological polar surface area (TPSA) is 89.9 Å². The molecule has 0 heterocycles. The summed E-state index contributed by atoms with van der Waals surface area (Å²) in [6.45, 7) is 5.41. The van der Waals surface area contributed by atoms with E-state index in [0.29, 0.717) is 6.42 Å². The Morgan fingerprint density at radius 2 is 1.94 bits per heavy atom. The van der Waals surface area contributed by atoms with Gasteiger partial charge < -0.3 is 20.4 Å². The lowest BCUT2D eigenvalue weighted by Gasteiger charge is -2.26. The fourth-order valence-corrected chi connectivity index (χ4v) is 1.66. The number of urea groups is 1. The van der Waals surface area contributed by atoms with Crippen molar-refractivity contribution in [3.05, 3.63) is 0 Å². The summed E-state index contributed by atoms with van der Waals surface area (Å²) in [6, 6.07) is -0.375. The smallest absolute Gasteiger partial charge is 0.317 e. The van der Waals surface area contributed by atoms with Crippen LogP contribution in [0.5, 0.6) is 0 Å². The van der Waals surface area contributed by atoms with E-state index in [2.05, 4.69) is 5.32 Å². The first kappa shape index (κ1) is 16.7. The maximum Gasteiger partial charge on any atom is 0.317 e. The SMILES string of the molecule is CCCC(CNC(=O)N(C)CC(C)(C)O)C(=O)O. The lowest BCUT2D eigenvalue weighted by Crippen LogP contribution is -2.46. The van der Waals surface area contributed by atoms with Gasteiger partial charge in [-0.25, -0.2) is 4.79 Å². The number of hydrogen-bond acceptors (Lipinski definition) is 3. The van der Waals surface area contributed by atoms with E-state index in [1.807, 2.05) is 6.92 Å². The highest BCUT2D eigenvalue weighted by molar-refractivity contribution is 5.75. The molecule has 0 rings (SSSR count). The summed E-state index contributed by atoms with van der Waals surface area (Å²) in [6.07, 6.45) is 1.29. The van der Waals surface area contributed by atoms with E-state index in [9.17, 15) is 14.7 Å². The van der Waals surface area contributed by atoms with Crippen molar-refractivity contribution in [2.24, 2.45) is 5.92 Å². The van der Waals surface area contributed by atoms with Gasteiger partial charge in [0.15, 0.2) is 0 Å². The van der Waals surface area contributed by atoms with Gasteiger partial charge in [0.1, 0.15) is 0 Å². The van der Waals surface area contributed by atoms with Gasteiger partial charge in [-0.3, -0.25) is 4.79 Å². The normalized spacial score (nSPS) is 12.9. The second-order valence-corrected chi connectivity index (χ2v) is 5.18. The molecule has 0 aromatic carbocycles. The van der Waals surface area contributed by atoms with Crippen LogP contribution >= 0.6 is 0 Å². The molecule has 0 aliphatic heterocycles. The van der Waals surface area contributed by atoms with Crippen LogP contribution in [0.4, 0.5) is 4.79 Å². The molecule has 1 unspecified atom stereocenters. The number of rotatable bonds is 7. The molecule has 0 aromatic rings. The van der Waals surface area contributed by atoms with Crippen molar-refractivity contribution in [1.82, 2.24) is 10.2 Å². The molecule has 6 heteroatoms. The Morgan fingerprint density at radius 1 is 1.39 bits per heavy atom. The predicted octanol–water partition coefficient (Wildman–Crippen LogP) is 0.900. The van der Waals surface area contributed by atoms with Gasteiger partial charge in [0.25, 0.3) is 0 Å². The second kappa shape index (κ2) is 7.20. The maximum atomic E-state index is 11.7. The quantitative estimate of drug-likeness (QED) is 0.634. The highest BCUT2D eigenvalue weighted by atomic mass is 16.4. The van der Waals surface area contributed by atoms with Crippen molar-refractivity contribution in [3.63, 3.8) is 0 Å². The standard InChI is InChI=1S/C12H24N2O4/c1-5-6-9(10(15)16)7-13-11(17)14(4)8-12(2,3)18/h9,18H,5-8H2,1-4H3,(H,13,17)(H,15,16). The lowest BCUT2D eigenvalue weighted by molar-refractivity contribution is -0.141. The van der Waals surface area contributed by atoms with Crippen LogP contribution in [-0.4, -0.2) is 52.9 Å². The van der Waals surface area contributed by atoms with Crippen molar-refractivity contribution < 1.29 is 19.8 Å². The molecular formula is C12H24N2O4. The maximum absolute atomic E-state index is 11.7. The van der Waals surface area contributed by atoms with Gasteiger partial charge in [-0.1, -0.05) is 13.3 Å². The number of carboxylic acid groups (broad SMARTS) is 1. The Morgan fingerprint density at radius 3 is 2.33 bits per heavy atom. The van der Waals surface area contributed by atoms with E-state index in [4.69, 9.17) is 5.11 Å². The number of aliphatic hydroxyl groups is 1. The molecule has 0 saturated carbocycles. The number of likely N-dealkylation sites (N-methyl/N-ethyl adjacent to an activating group) is 1. The van der Waals surface area contributed by atoms with Gasteiger partial charge in [0, 0.05) is 13.6 Å². The Balaban J connectivity index is 4.19. The fraction of sp³-hybridized carbons (Fsp3) is 0.833. The summed E-state index contributed by atoms with van der Waals surface area (Å²) in [7, 11) is 1.56. The number of aliphatic carboxylic acids is 1. The van der Waals surface area contributed by atoms with Gasteiger partial charge in [-0.05, 0) is 20.3 Å². The number of nitrogens with one attached hydrogen (secondary N) is 1. The predicted molar refractivity (Wildman–Crippen MR) is 68.4 cm³/mol. The summed E-state index contributed by atoms with van der Waals surface area (Å²) < 4.78 is 0. The molecule has 0 saturated heterocycles. The molecule has 0 aromatic heterocycles. The Bertz CT molecular complexity index is 286. The minimum absolute atomic E-state index is 0.109. The average molecular weight is 260 g/mol. The van der Waals surface area contributed by atoms with Gasteiger partial charge >= 0.3 is 12.0 Å². The Kier molecular flexibility index (Phi) is 6.68. The van der Waals surface area contributed by atoms with Crippen LogP contribution in [0.25, 0.3) is 0 Å². The van der Waals surface area contributed by atoms with Gasteiger partial charge in [0.2, 0.25) is 0 Å². The number of carbonyl (C=O) groups excluding carboxylic acids is 1. The van der Waals surface area contributed by atoms with Crippen LogP contribution in [0.3, 0.4) is 0 Å². The number of amides is 2. The first-order valence-corrected chi connectivity index (χ1v) is 6.11. The highest BCUT2D eigenvalue weighted by Gasteiger charge is 2.21. The summed E-state index contributed by atoms with van der Waals surface area (Å²) in [5.41, 5.74) is -0.971. The monoisotopic (exact) mass is 260 g/mol. The molecule has 0 fully saturated rings. The van der Waals surface area contributed by atoms with Gasteiger partial charge in [-0.15, -0.1) is 0 Å². The highest BCUT2D eigenvalue weighted by Crippen LogP contribution is 2.06. The summed E-state index contributed by atoms with van der Waals surface area (Å²) in [5, 5.41) is 21.1. The first-order valence-electron chi connectivity index (χ1n) is 6.11. The van der Waals surface area contributed by atoms with Crippen molar-refractivity contribution in [1.29, 1.82) is 0 Å². The van der Waals surface area contributed by atoms with E-state index in [1.54, 1.807) is 20.9 Å². The molecule has 0 radical (unpaired) electrons. The van der Waals surface area contributed by atoms with Crippen molar-refractivity contribution in [2.45, 2.75) is 39.2 Å². The summed E-state index contributed by atoms with van der Waals surface area (Å²) in [5.74, 6) is -1.46. The first-order chi connectivity index (χ1) is 8.17. The molecule has 2 amide bonds. The van der Waals surface area contributed by atoms with Crippen molar-refractivity contribution in [2.75, 3.05) is 20.1 Å². The Hall–Kier alpha value is -1.30. The number of hydrogen-bond donors (Lipinski definition) is 3. The van der Waals surface area contributed by atoms with Crippen LogP contribution in [0.1, 0.15) is 33.6 Å². The third kappa shape index (κ3) is 7.11. The number of carboxylic acids is 1. The largest absolute Gasteiger partial charge is 0.481 e. The molecule has 106 valence electrons. The fourth-order valence-electron chi connectivity index (χ4n) is 1.66. The summed E-state index contributed by atoms with van der Waals surface area (Å²) >= 11 is 0. The molecule has 6 nitrogen and oxygen atoms in total. The third-order valence-corrected chi connectivity index (χ3v) is 2.46. The van der Waals surface area contributed by atoms with Gasteiger partial charge in [0.05, 0.1) is 18.1 Å². The lowest BCUT2D eigenvalue weighted by atomic mass is 10.0. The molecule has 0 aliphatic carbocycles. The third-order valence-electron chi connectivity index (χ3n) is 2.46. The molecule has 0 spiro atoms. The zero-order valence-corrected chi connectivity index (χ0v) is 11.6. The minimum atomic E-state index is -0.971. The minimum Gasteiger partial charge on any atom is -0.481 e. The number of nitrogens with zero attached hydrogens (tertiary/aromatic N) is 1. The van der Waals surface area contributed by atoms with Gasteiger partial charge in [-0.2, -0.15) is 0 Å². The van der Waals surface area contributed by atoms with Crippen LogP contribution < -0.4 is 5.32 Å². The molecule has 3 N–H and O–H groups in total. The Labute approximate surface area is 108 Å². The number of carbonyl (C=O) groups is 2. The average Bonchev–Trinajstić information content (AvgIpc) is 2.20. The molecule has 18 heavy (non-hydrogen) atoms. The zero-order valence-electron chi connectivity index (χ0n) is 11.6. The molecule has 0 bridgehead atoms. The van der Waals surface area contributed by atoms with E-state index in [-0.39, 0.29) is 19.1 Å². The summed E-state index contributed by atoms with van der Waals surface area (Å²) in [4.78, 5) is 23.9.